The summed E-state index contributed by atoms with van der Waals surface area (Å²) in [5, 5.41) is 26.7. The monoisotopic (exact) mass is 386 g/mol. The number of carboxylic acids is 3. The number of carbonyl (C=O) groups is 6. The van der Waals surface area contributed by atoms with E-state index in [1.54, 1.807) is 0 Å². The molecule has 0 radical (unpaired) electrons. The zero-order valence-corrected chi connectivity index (χ0v) is 13.8. The maximum absolute atomic E-state index is 12.1. The first-order chi connectivity index (χ1) is 12.4. The highest BCUT2D eigenvalue weighted by Gasteiger charge is 2.44. The van der Waals surface area contributed by atoms with Gasteiger partial charge in [-0.2, -0.15) is 0 Å². The van der Waals surface area contributed by atoms with E-state index in [1.807, 2.05) is 0 Å². The Labute approximate surface area is 150 Å². The topological polar surface area (TPSA) is 191 Å². The van der Waals surface area contributed by atoms with Gasteiger partial charge in [-0.25, -0.2) is 28.8 Å². The van der Waals surface area contributed by atoms with Crippen LogP contribution in [-0.2, 0) is 43.0 Å². The smallest absolute Gasteiger partial charge is 0.423 e. The second-order valence-electron chi connectivity index (χ2n) is 4.34. The lowest BCUT2D eigenvalue weighted by Gasteiger charge is -2.29. The molecule has 0 aromatic heterocycles. The standard InChI is InChI=1S/C15H14O12/c1-4-7(16)25-15(6-3,26-8(17)5-2)27-14(24)10(13(22)23)9(11(18)19)12(20)21/h4-5H,1-2,6H2,3H3,(H,18,19)(H,20,21)(H,22,23). The molecule has 0 aliphatic carbocycles. The molecule has 0 aromatic carbocycles. The highest BCUT2D eigenvalue weighted by Crippen LogP contribution is 2.24. The highest BCUT2D eigenvalue weighted by atomic mass is 16.9. The van der Waals surface area contributed by atoms with E-state index < -0.39 is 59.4 Å². The predicted molar refractivity (Wildman–Crippen MR) is 81.6 cm³/mol. The molecule has 0 atom stereocenters. The van der Waals surface area contributed by atoms with Crippen LogP contribution in [0.25, 0.3) is 0 Å². The quantitative estimate of drug-likeness (QED) is 0.145. The summed E-state index contributed by atoms with van der Waals surface area (Å²) in [4.78, 5) is 68.1. The summed E-state index contributed by atoms with van der Waals surface area (Å²) in [5.74, 6) is -14.2. The van der Waals surface area contributed by atoms with E-state index >= 15 is 0 Å². The van der Waals surface area contributed by atoms with Gasteiger partial charge in [-0.3, -0.25) is 0 Å². The van der Waals surface area contributed by atoms with Crippen molar-refractivity contribution < 1.29 is 58.3 Å². The van der Waals surface area contributed by atoms with Crippen molar-refractivity contribution in [1.82, 2.24) is 0 Å². The zero-order chi connectivity index (χ0) is 21.4. The van der Waals surface area contributed by atoms with Crippen molar-refractivity contribution >= 4 is 35.8 Å². The van der Waals surface area contributed by atoms with Crippen LogP contribution in [0.5, 0.6) is 0 Å². The van der Waals surface area contributed by atoms with Crippen molar-refractivity contribution in [2.45, 2.75) is 19.3 Å². The summed E-state index contributed by atoms with van der Waals surface area (Å²) in [7, 11) is 0. The number of carbonyl (C=O) groups excluding carboxylic acids is 3. The Bertz CT molecular complexity index is 704. The van der Waals surface area contributed by atoms with Crippen LogP contribution < -0.4 is 0 Å². The number of ether oxygens (including phenoxy) is 3. The van der Waals surface area contributed by atoms with Gasteiger partial charge in [0.25, 0.3) is 0 Å². The largest absolute Gasteiger partial charge is 0.477 e. The highest BCUT2D eigenvalue weighted by molar-refractivity contribution is 6.26. The molecule has 3 N–H and O–H groups in total. The number of rotatable bonds is 10. The molecule has 0 amide bonds. The van der Waals surface area contributed by atoms with Crippen LogP contribution in [0.2, 0.25) is 0 Å². The second kappa shape index (κ2) is 9.50. The molecule has 27 heavy (non-hydrogen) atoms. The van der Waals surface area contributed by atoms with Gasteiger partial charge in [-0.1, -0.05) is 20.1 Å². The van der Waals surface area contributed by atoms with Crippen molar-refractivity contribution in [2.75, 3.05) is 0 Å². The van der Waals surface area contributed by atoms with Gasteiger partial charge in [-0.05, 0) is 0 Å². The zero-order valence-electron chi connectivity index (χ0n) is 13.8. The molecule has 0 spiro atoms. The normalized spacial score (nSPS) is 9.96. The third-order valence-corrected chi connectivity index (χ3v) is 2.62. The number of aliphatic carboxylic acids is 3. The lowest BCUT2D eigenvalue weighted by molar-refractivity contribution is -0.325. The Morgan fingerprint density at radius 3 is 1.41 bits per heavy atom. The lowest BCUT2D eigenvalue weighted by Crippen LogP contribution is -2.44. The molecular weight excluding hydrogens is 372 g/mol. The maximum atomic E-state index is 12.1. The summed E-state index contributed by atoms with van der Waals surface area (Å²) in [6.07, 6.45) is 0.599. The number of carboxylic acid groups (broad SMARTS) is 3. The average Bonchev–Trinajstić information content (AvgIpc) is 2.57. The van der Waals surface area contributed by atoms with E-state index in [4.69, 9.17) is 15.3 Å². The first kappa shape index (κ1) is 23.0. The molecular formula is C15H14O12. The minimum absolute atomic E-state index is 0.583. The Morgan fingerprint density at radius 1 is 0.778 bits per heavy atom. The van der Waals surface area contributed by atoms with E-state index in [-0.39, 0.29) is 0 Å². The Morgan fingerprint density at radius 2 is 1.15 bits per heavy atom. The summed E-state index contributed by atoms with van der Waals surface area (Å²) >= 11 is 0. The van der Waals surface area contributed by atoms with Crippen LogP contribution in [0.15, 0.2) is 36.5 Å². The fraction of sp³-hybridized carbons (Fsp3) is 0.200. The summed E-state index contributed by atoms with van der Waals surface area (Å²) in [6.45, 7) is 7.30. The first-order valence-corrected chi connectivity index (χ1v) is 6.82. The van der Waals surface area contributed by atoms with Crippen molar-refractivity contribution in [1.29, 1.82) is 0 Å². The van der Waals surface area contributed by atoms with E-state index in [9.17, 15) is 28.8 Å². The molecule has 12 nitrogen and oxygen atoms in total. The minimum atomic E-state index is -2.84. The third kappa shape index (κ3) is 6.12. The Balaban J connectivity index is 6.29. The van der Waals surface area contributed by atoms with Crippen LogP contribution >= 0.6 is 0 Å². The van der Waals surface area contributed by atoms with E-state index in [1.165, 1.54) is 6.92 Å². The van der Waals surface area contributed by atoms with E-state index in [2.05, 4.69) is 27.4 Å². The van der Waals surface area contributed by atoms with Gasteiger partial charge in [0.2, 0.25) is 0 Å². The van der Waals surface area contributed by atoms with Gasteiger partial charge in [0.05, 0.1) is 6.42 Å². The van der Waals surface area contributed by atoms with Gasteiger partial charge >= 0.3 is 41.8 Å². The molecule has 0 rings (SSSR count). The molecule has 0 heterocycles. The molecule has 0 saturated heterocycles. The molecule has 12 heteroatoms. The fourth-order valence-corrected chi connectivity index (χ4v) is 1.46. The van der Waals surface area contributed by atoms with E-state index in [0.29, 0.717) is 12.2 Å². The third-order valence-electron chi connectivity index (χ3n) is 2.62. The molecule has 0 unspecified atom stereocenters. The molecule has 0 saturated carbocycles. The summed E-state index contributed by atoms with van der Waals surface area (Å²) < 4.78 is 13.8. The van der Waals surface area contributed by atoms with Crippen molar-refractivity contribution in [2.24, 2.45) is 0 Å². The molecule has 0 aliphatic heterocycles. The number of esters is 3. The van der Waals surface area contributed by atoms with Gasteiger partial charge < -0.3 is 29.5 Å². The predicted octanol–water partition coefficient (Wildman–Crippen LogP) is -0.398. The van der Waals surface area contributed by atoms with Crippen LogP contribution in [0, 0.1) is 0 Å². The average molecular weight is 386 g/mol. The van der Waals surface area contributed by atoms with Crippen LogP contribution in [0.4, 0.5) is 0 Å². The Kier molecular flexibility index (Phi) is 8.11. The SMILES string of the molecule is C=CC(=O)OC(CC)(OC(=O)C=C)OC(=O)C(C(=O)O)=C(C(=O)O)C(=O)O. The first-order valence-electron chi connectivity index (χ1n) is 6.82. The van der Waals surface area contributed by atoms with E-state index in [0.717, 1.165) is 0 Å². The van der Waals surface area contributed by atoms with Crippen molar-refractivity contribution in [3.8, 4) is 0 Å². The van der Waals surface area contributed by atoms with Gasteiger partial charge in [-0.15, -0.1) is 0 Å². The Hall–Kier alpha value is -3.96. The van der Waals surface area contributed by atoms with Gasteiger partial charge in [0.15, 0.2) is 11.1 Å². The lowest BCUT2D eigenvalue weighted by atomic mass is 10.1. The van der Waals surface area contributed by atoms with Crippen molar-refractivity contribution in [3.05, 3.63) is 36.5 Å². The van der Waals surface area contributed by atoms with Crippen molar-refractivity contribution in [3.63, 3.8) is 0 Å². The second-order valence-corrected chi connectivity index (χ2v) is 4.34. The molecule has 146 valence electrons. The summed E-state index contributed by atoms with van der Waals surface area (Å²) in [5.41, 5.74) is -3.64. The number of hydrogen-bond donors (Lipinski definition) is 3. The van der Waals surface area contributed by atoms with Crippen LogP contribution in [-0.4, -0.2) is 57.1 Å². The van der Waals surface area contributed by atoms with Crippen LogP contribution in [0.1, 0.15) is 13.3 Å². The minimum Gasteiger partial charge on any atom is -0.477 e. The molecule has 0 fully saturated rings. The summed E-state index contributed by atoms with van der Waals surface area (Å²) in [6, 6.07) is 0. The maximum Gasteiger partial charge on any atom is 0.423 e. The van der Waals surface area contributed by atoms with Gasteiger partial charge in [0, 0.05) is 12.2 Å². The molecule has 0 aromatic rings. The van der Waals surface area contributed by atoms with Crippen LogP contribution in [0.3, 0.4) is 0 Å². The fourth-order valence-electron chi connectivity index (χ4n) is 1.46. The molecule has 0 bridgehead atoms. The molecule has 0 aliphatic rings. The number of hydrogen-bond acceptors (Lipinski definition) is 9. The van der Waals surface area contributed by atoms with Gasteiger partial charge in [0.1, 0.15) is 0 Å².